The summed E-state index contributed by atoms with van der Waals surface area (Å²) < 4.78 is 42.2. The summed E-state index contributed by atoms with van der Waals surface area (Å²) in [6, 6.07) is 11.4. The number of ether oxygens (including phenoxy) is 3. The first-order valence-electron chi connectivity index (χ1n) is 9.63. The van der Waals surface area contributed by atoms with Crippen LogP contribution in [0.5, 0.6) is 17.2 Å². The normalized spacial score (nSPS) is 15.0. The fourth-order valence-electron chi connectivity index (χ4n) is 3.36. The maximum Gasteiger partial charge on any atom is 0.268 e. The first-order chi connectivity index (χ1) is 15.2. The second-order valence-corrected chi connectivity index (χ2v) is 8.75. The average molecular weight is 461 g/mol. The van der Waals surface area contributed by atoms with Crippen LogP contribution in [0.25, 0.3) is 4.91 Å². The molecular formula is C22H24N2O7S. The minimum atomic E-state index is -4.18. The van der Waals surface area contributed by atoms with Crippen LogP contribution in [0.4, 0.5) is 0 Å². The highest BCUT2D eigenvalue weighted by atomic mass is 32.2. The van der Waals surface area contributed by atoms with E-state index < -0.39 is 28.4 Å². The van der Waals surface area contributed by atoms with Crippen LogP contribution in [0.2, 0.25) is 0 Å². The SMILES string of the molecule is COc1ccc(C2=C(C)C(=O)N(CC(=O)NCc3cc(OC)ccc3OC)S2(=O)=O)cc1. The van der Waals surface area contributed by atoms with Gasteiger partial charge in [0.1, 0.15) is 28.7 Å². The second kappa shape index (κ2) is 9.31. The van der Waals surface area contributed by atoms with Crippen molar-refractivity contribution < 1.29 is 32.2 Å². The quantitative estimate of drug-likeness (QED) is 0.641. The molecule has 1 aliphatic heterocycles. The molecule has 0 saturated heterocycles. The summed E-state index contributed by atoms with van der Waals surface area (Å²) in [4.78, 5) is 25.1. The minimum Gasteiger partial charge on any atom is -0.497 e. The van der Waals surface area contributed by atoms with Crippen LogP contribution in [-0.4, -0.2) is 52.4 Å². The van der Waals surface area contributed by atoms with Crippen molar-refractivity contribution in [3.05, 3.63) is 59.2 Å². The van der Waals surface area contributed by atoms with Crippen LogP contribution < -0.4 is 19.5 Å². The van der Waals surface area contributed by atoms with E-state index in [4.69, 9.17) is 14.2 Å². The largest absolute Gasteiger partial charge is 0.497 e. The van der Waals surface area contributed by atoms with Gasteiger partial charge < -0.3 is 19.5 Å². The topological polar surface area (TPSA) is 111 Å². The molecule has 1 heterocycles. The highest BCUT2D eigenvalue weighted by Crippen LogP contribution is 2.35. The van der Waals surface area contributed by atoms with Gasteiger partial charge in [0.25, 0.3) is 15.9 Å². The number of hydrogen-bond donors (Lipinski definition) is 1. The van der Waals surface area contributed by atoms with Gasteiger partial charge in [0.15, 0.2) is 0 Å². The number of hydrogen-bond acceptors (Lipinski definition) is 7. The van der Waals surface area contributed by atoms with Gasteiger partial charge in [-0.2, -0.15) is 0 Å². The molecule has 0 atom stereocenters. The lowest BCUT2D eigenvalue weighted by atomic mass is 10.1. The van der Waals surface area contributed by atoms with Gasteiger partial charge in [0.2, 0.25) is 5.91 Å². The van der Waals surface area contributed by atoms with Gasteiger partial charge in [-0.15, -0.1) is 0 Å². The van der Waals surface area contributed by atoms with E-state index >= 15 is 0 Å². The fraction of sp³-hybridized carbons (Fsp3) is 0.273. The Morgan fingerprint density at radius 2 is 1.59 bits per heavy atom. The number of nitrogens with one attached hydrogen (secondary N) is 1. The molecule has 0 aliphatic carbocycles. The van der Waals surface area contributed by atoms with E-state index in [2.05, 4.69) is 5.32 Å². The molecule has 2 aromatic carbocycles. The molecule has 1 aliphatic rings. The lowest BCUT2D eigenvalue weighted by Gasteiger charge is -2.17. The summed E-state index contributed by atoms with van der Waals surface area (Å²) in [6.07, 6.45) is 0. The molecule has 32 heavy (non-hydrogen) atoms. The number of amides is 2. The third-order valence-electron chi connectivity index (χ3n) is 5.04. The van der Waals surface area contributed by atoms with E-state index in [1.807, 2.05) is 0 Å². The zero-order valence-corrected chi connectivity index (χ0v) is 19.0. The minimum absolute atomic E-state index is 0.0532. The maximum atomic E-state index is 13.1. The van der Waals surface area contributed by atoms with Gasteiger partial charge in [-0.3, -0.25) is 9.59 Å². The Labute approximate surface area is 186 Å². The average Bonchev–Trinajstić information content (AvgIpc) is 2.96. The Morgan fingerprint density at radius 3 is 2.19 bits per heavy atom. The number of methoxy groups -OCH3 is 3. The molecule has 0 unspecified atom stereocenters. The third kappa shape index (κ3) is 4.40. The van der Waals surface area contributed by atoms with Crippen molar-refractivity contribution in [2.75, 3.05) is 27.9 Å². The molecular weight excluding hydrogens is 436 g/mol. The Morgan fingerprint density at radius 1 is 0.969 bits per heavy atom. The van der Waals surface area contributed by atoms with Gasteiger partial charge in [-0.05, 0) is 55.0 Å². The van der Waals surface area contributed by atoms with Crippen molar-refractivity contribution in [3.8, 4) is 17.2 Å². The monoisotopic (exact) mass is 460 g/mol. The molecule has 0 radical (unpaired) electrons. The fourth-order valence-corrected chi connectivity index (χ4v) is 5.13. The Balaban J connectivity index is 1.75. The van der Waals surface area contributed by atoms with Crippen molar-refractivity contribution in [1.29, 1.82) is 0 Å². The van der Waals surface area contributed by atoms with E-state index in [9.17, 15) is 18.0 Å². The van der Waals surface area contributed by atoms with Gasteiger partial charge in [0.05, 0.1) is 21.3 Å². The summed E-state index contributed by atoms with van der Waals surface area (Å²) in [6.45, 7) is 0.863. The number of rotatable bonds is 8. The van der Waals surface area contributed by atoms with Crippen LogP contribution in [-0.2, 0) is 26.2 Å². The zero-order chi connectivity index (χ0) is 23.5. The summed E-state index contributed by atoms with van der Waals surface area (Å²) in [5, 5.41) is 2.63. The highest BCUT2D eigenvalue weighted by molar-refractivity contribution is 7.99. The molecule has 10 heteroatoms. The van der Waals surface area contributed by atoms with Crippen LogP contribution in [0, 0.1) is 0 Å². The standard InChI is InChI=1S/C22H24N2O7S/c1-14-21(15-5-7-17(29-2)8-6-15)32(27,28)24(22(14)26)13-20(25)23-12-16-11-18(30-3)9-10-19(16)31-4/h5-11H,12-13H2,1-4H3,(H,23,25). The molecule has 170 valence electrons. The number of nitrogens with zero attached hydrogens (tertiary/aromatic N) is 1. The van der Waals surface area contributed by atoms with Crippen LogP contribution in [0.15, 0.2) is 48.0 Å². The molecule has 0 bridgehead atoms. The Hall–Kier alpha value is -3.53. The van der Waals surface area contributed by atoms with E-state index in [0.717, 1.165) is 0 Å². The molecule has 0 fully saturated rings. The molecule has 0 saturated carbocycles. The highest BCUT2D eigenvalue weighted by Gasteiger charge is 2.43. The molecule has 1 N–H and O–H groups in total. The Kier molecular flexibility index (Phi) is 6.73. The molecule has 3 rings (SSSR count). The van der Waals surface area contributed by atoms with Crippen molar-refractivity contribution >= 4 is 26.7 Å². The van der Waals surface area contributed by atoms with E-state index in [1.165, 1.54) is 28.3 Å². The number of benzene rings is 2. The predicted octanol–water partition coefficient (Wildman–Crippen LogP) is 1.93. The van der Waals surface area contributed by atoms with Crippen LogP contribution in [0.3, 0.4) is 0 Å². The van der Waals surface area contributed by atoms with Crippen molar-refractivity contribution in [1.82, 2.24) is 9.62 Å². The van der Waals surface area contributed by atoms with Crippen LogP contribution >= 0.6 is 0 Å². The first kappa shape index (κ1) is 23.1. The molecule has 2 aromatic rings. The van der Waals surface area contributed by atoms with Crippen molar-refractivity contribution in [2.24, 2.45) is 0 Å². The summed E-state index contributed by atoms with van der Waals surface area (Å²) in [5.74, 6) is 0.310. The zero-order valence-electron chi connectivity index (χ0n) is 18.2. The van der Waals surface area contributed by atoms with E-state index in [-0.39, 0.29) is 17.0 Å². The van der Waals surface area contributed by atoms with Crippen LogP contribution in [0.1, 0.15) is 18.1 Å². The third-order valence-corrected chi connectivity index (χ3v) is 6.97. The van der Waals surface area contributed by atoms with E-state index in [0.29, 0.717) is 32.7 Å². The summed E-state index contributed by atoms with van der Waals surface area (Å²) in [5.41, 5.74) is 1.04. The molecule has 2 amide bonds. The second-order valence-electron chi connectivity index (χ2n) is 6.95. The smallest absolute Gasteiger partial charge is 0.268 e. The lowest BCUT2D eigenvalue weighted by Crippen LogP contribution is -2.40. The molecule has 9 nitrogen and oxygen atoms in total. The van der Waals surface area contributed by atoms with Crippen molar-refractivity contribution in [3.63, 3.8) is 0 Å². The van der Waals surface area contributed by atoms with Gasteiger partial charge >= 0.3 is 0 Å². The maximum absolute atomic E-state index is 13.1. The molecule has 0 aromatic heterocycles. The number of sulfonamides is 1. The number of carbonyl (C=O) groups is 2. The molecule has 0 spiro atoms. The van der Waals surface area contributed by atoms with Gasteiger partial charge in [-0.1, -0.05) is 0 Å². The van der Waals surface area contributed by atoms with Gasteiger partial charge in [-0.25, -0.2) is 12.7 Å². The summed E-state index contributed by atoms with van der Waals surface area (Å²) >= 11 is 0. The predicted molar refractivity (Wildman–Crippen MR) is 118 cm³/mol. The van der Waals surface area contributed by atoms with E-state index in [1.54, 1.807) is 42.5 Å². The number of carbonyl (C=O) groups excluding carboxylic acids is 2. The Bertz CT molecular complexity index is 1170. The van der Waals surface area contributed by atoms with Crippen molar-refractivity contribution in [2.45, 2.75) is 13.5 Å². The first-order valence-corrected chi connectivity index (χ1v) is 11.1. The van der Waals surface area contributed by atoms with Gasteiger partial charge in [0, 0.05) is 17.7 Å². The summed E-state index contributed by atoms with van der Waals surface area (Å²) in [7, 11) is 0.329. The lowest BCUT2D eigenvalue weighted by molar-refractivity contribution is -0.128.